The zero-order chi connectivity index (χ0) is 22.0. The molecule has 0 bridgehead atoms. The van der Waals surface area contributed by atoms with Crippen LogP contribution in [0.4, 0.5) is 24.8 Å². The number of anilines is 2. The standard InChI is InChI=1S/C20H16F3N5O3/c21-20(22,23)14-6-1-2-7-15(14)26-18(30)10-31-13-5-3-4-12(8-13)16-9-17(29)27-19-24-11-25-28(16)19/h1-8,11,16H,9-10H2,(H,26,30)(H,24,25,27,29)/t16-/m0/s1. The molecule has 4 rings (SSSR count). The molecule has 3 aromatic rings. The SMILES string of the molecule is O=C(COc1cccc([C@@H]2CC(=O)Nc3ncnn32)c1)Nc1ccccc1C(F)(F)F. The first-order valence-corrected chi connectivity index (χ1v) is 9.19. The van der Waals surface area contributed by atoms with E-state index in [4.69, 9.17) is 4.74 Å². The van der Waals surface area contributed by atoms with Crippen LogP contribution < -0.4 is 15.4 Å². The first-order chi connectivity index (χ1) is 14.8. The van der Waals surface area contributed by atoms with E-state index in [-0.39, 0.29) is 18.0 Å². The Balaban J connectivity index is 1.44. The van der Waals surface area contributed by atoms with Gasteiger partial charge in [0.15, 0.2) is 6.61 Å². The van der Waals surface area contributed by atoms with E-state index in [1.807, 2.05) is 0 Å². The van der Waals surface area contributed by atoms with Crippen molar-refractivity contribution in [1.29, 1.82) is 0 Å². The number of hydrogen-bond acceptors (Lipinski definition) is 5. The number of carbonyl (C=O) groups is 2. The molecule has 0 saturated heterocycles. The van der Waals surface area contributed by atoms with E-state index in [1.165, 1.54) is 24.5 Å². The van der Waals surface area contributed by atoms with Crippen molar-refractivity contribution in [2.75, 3.05) is 17.2 Å². The Morgan fingerprint density at radius 2 is 2.03 bits per heavy atom. The third kappa shape index (κ3) is 4.49. The van der Waals surface area contributed by atoms with Crippen LogP contribution >= 0.6 is 0 Å². The molecule has 31 heavy (non-hydrogen) atoms. The highest BCUT2D eigenvalue weighted by atomic mass is 19.4. The van der Waals surface area contributed by atoms with Gasteiger partial charge in [-0.1, -0.05) is 24.3 Å². The van der Waals surface area contributed by atoms with Crippen LogP contribution in [0.2, 0.25) is 0 Å². The predicted octanol–water partition coefficient (Wildman–Crippen LogP) is 3.25. The zero-order valence-electron chi connectivity index (χ0n) is 15.9. The van der Waals surface area contributed by atoms with Gasteiger partial charge < -0.3 is 10.1 Å². The molecule has 0 aliphatic carbocycles. The molecule has 11 heteroatoms. The lowest BCUT2D eigenvalue weighted by molar-refractivity contribution is -0.137. The van der Waals surface area contributed by atoms with Gasteiger partial charge in [-0.25, -0.2) is 4.68 Å². The fourth-order valence-electron chi connectivity index (χ4n) is 3.25. The molecule has 2 amide bonds. The number of ether oxygens (including phenoxy) is 1. The van der Waals surface area contributed by atoms with Crippen molar-refractivity contribution >= 4 is 23.5 Å². The summed E-state index contributed by atoms with van der Waals surface area (Å²) < 4.78 is 46.2. The average molecular weight is 431 g/mol. The molecule has 1 aliphatic rings. The number of carbonyl (C=O) groups excluding carboxylic acids is 2. The summed E-state index contributed by atoms with van der Waals surface area (Å²) in [5.41, 5.74) is -0.573. The first-order valence-electron chi connectivity index (χ1n) is 9.19. The lowest BCUT2D eigenvalue weighted by atomic mass is 10.0. The summed E-state index contributed by atoms with van der Waals surface area (Å²) in [4.78, 5) is 28.1. The van der Waals surface area contributed by atoms with Gasteiger partial charge in [-0.2, -0.15) is 23.3 Å². The summed E-state index contributed by atoms with van der Waals surface area (Å²) in [6.07, 6.45) is -3.11. The number of alkyl halides is 3. The molecule has 0 saturated carbocycles. The Morgan fingerprint density at radius 3 is 2.84 bits per heavy atom. The largest absolute Gasteiger partial charge is 0.484 e. The Hall–Kier alpha value is -3.89. The number of rotatable bonds is 5. The van der Waals surface area contributed by atoms with Crippen molar-refractivity contribution in [2.24, 2.45) is 0 Å². The number of amides is 2. The van der Waals surface area contributed by atoms with Crippen LogP contribution in [0.1, 0.15) is 23.6 Å². The van der Waals surface area contributed by atoms with Crippen LogP contribution in [-0.4, -0.2) is 33.2 Å². The summed E-state index contributed by atoms with van der Waals surface area (Å²) in [6.45, 7) is -0.491. The first kappa shape index (κ1) is 20.4. The third-order valence-electron chi connectivity index (χ3n) is 4.62. The van der Waals surface area contributed by atoms with Crippen molar-refractivity contribution in [3.63, 3.8) is 0 Å². The number of fused-ring (bicyclic) bond motifs is 1. The number of para-hydroxylation sites is 1. The van der Waals surface area contributed by atoms with Gasteiger partial charge in [0.25, 0.3) is 5.91 Å². The average Bonchev–Trinajstić information content (AvgIpc) is 3.20. The smallest absolute Gasteiger partial charge is 0.418 e. The topological polar surface area (TPSA) is 98.1 Å². The van der Waals surface area contributed by atoms with E-state index in [9.17, 15) is 22.8 Å². The van der Waals surface area contributed by atoms with Gasteiger partial charge in [0.2, 0.25) is 11.9 Å². The summed E-state index contributed by atoms with van der Waals surface area (Å²) in [6, 6.07) is 11.0. The van der Waals surface area contributed by atoms with E-state index in [0.717, 1.165) is 6.07 Å². The molecule has 1 aromatic heterocycles. The van der Waals surface area contributed by atoms with Crippen LogP contribution in [0.5, 0.6) is 5.75 Å². The summed E-state index contributed by atoms with van der Waals surface area (Å²) in [5.74, 6) is -0.295. The van der Waals surface area contributed by atoms with E-state index in [1.54, 1.807) is 28.9 Å². The van der Waals surface area contributed by atoms with Gasteiger partial charge in [-0.05, 0) is 29.8 Å². The molecule has 0 radical (unpaired) electrons. The molecule has 160 valence electrons. The minimum atomic E-state index is -4.59. The van der Waals surface area contributed by atoms with Crippen LogP contribution in [0.25, 0.3) is 0 Å². The van der Waals surface area contributed by atoms with E-state index in [2.05, 4.69) is 20.7 Å². The number of nitrogens with one attached hydrogen (secondary N) is 2. The maximum atomic E-state index is 13.1. The van der Waals surface area contributed by atoms with Crippen molar-refractivity contribution in [3.8, 4) is 5.75 Å². The van der Waals surface area contributed by atoms with Crippen LogP contribution in [0.15, 0.2) is 54.9 Å². The van der Waals surface area contributed by atoms with Crippen molar-refractivity contribution in [1.82, 2.24) is 14.8 Å². The van der Waals surface area contributed by atoms with Crippen LogP contribution in [0.3, 0.4) is 0 Å². The summed E-state index contributed by atoms with van der Waals surface area (Å²) in [7, 11) is 0. The fraction of sp³-hybridized carbons (Fsp3) is 0.200. The predicted molar refractivity (Wildman–Crippen MR) is 103 cm³/mol. The number of benzene rings is 2. The Morgan fingerprint density at radius 1 is 1.23 bits per heavy atom. The summed E-state index contributed by atoms with van der Waals surface area (Å²) >= 11 is 0. The van der Waals surface area contributed by atoms with Crippen LogP contribution in [-0.2, 0) is 15.8 Å². The van der Waals surface area contributed by atoms with Crippen molar-refractivity contribution in [3.05, 3.63) is 66.0 Å². The molecular formula is C20H16F3N5O3. The second-order valence-electron chi connectivity index (χ2n) is 6.75. The molecular weight excluding hydrogens is 415 g/mol. The van der Waals surface area contributed by atoms with Gasteiger partial charge >= 0.3 is 6.18 Å². The maximum Gasteiger partial charge on any atom is 0.418 e. The van der Waals surface area contributed by atoms with E-state index in [0.29, 0.717) is 17.3 Å². The molecule has 2 N–H and O–H groups in total. The van der Waals surface area contributed by atoms with Gasteiger partial charge in [-0.3, -0.25) is 14.9 Å². The Labute approximate surface area is 174 Å². The highest BCUT2D eigenvalue weighted by molar-refractivity contribution is 5.93. The highest BCUT2D eigenvalue weighted by Crippen LogP contribution is 2.34. The molecule has 1 aliphatic heterocycles. The minimum absolute atomic E-state index is 0.147. The second-order valence-corrected chi connectivity index (χ2v) is 6.75. The fourth-order valence-corrected chi connectivity index (χ4v) is 3.25. The maximum absolute atomic E-state index is 13.1. The molecule has 1 atom stereocenters. The number of aromatic nitrogens is 3. The van der Waals surface area contributed by atoms with Gasteiger partial charge in [0.05, 0.1) is 23.7 Å². The molecule has 0 unspecified atom stereocenters. The molecule has 0 fully saturated rings. The van der Waals surface area contributed by atoms with Gasteiger partial charge in [0.1, 0.15) is 12.1 Å². The minimum Gasteiger partial charge on any atom is -0.484 e. The van der Waals surface area contributed by atoms with Crippen molar-refractivity contribution in [2.45, 2.75) is 18.6 Å². The number of halogens is 3. The summed E-state index contributed by atoms with van der Waals surface area (Å²) in [5, 5.41) is 8.96. The van der Waals surface area contributed by atoms with E-state index >= 15 is 0 Å². The quantitative estimate of drug-likeness (QED) is 0.646. The van der Waals surface area contributed by atoms with Crippen molar-refractivity contribution < 1.29 is 27.5 Å². The molecule has 2 heterocycles. The molecule has 2 aromatic carbocycles. The third-order valence-corrected chi connectivity index (χ3v) is 4.62. The lowest BCUT2D eigenvalue weighted by Gasteiger charge is -2.24. The zero-order valence-corrected chi connectivity index (χ0v) is 15.9. The monoisotopic (exact) mass is 431 g/mol. The Kier molecular flexibility index (Phi) is 5.32. The second kappa shape index (κ2) is 8.09. The van der Waals surface area contributed by atoms with E-state index < -0.39 is 30.3 Å². The number of nitrogens with zero attached hydrogens (tertiary/aromatic N) is 3. The van der Waals surface area contributed by atoms with Crippen LogP contribution in [0, 0.1) is 0 Å². The lowest BCUT2D eigenvalue weighted by Crippen LogP contribution is -2.29. The highest BCUT2D eigenvalue weighted by Gasteiger charge is 2.33. The molecule has 8 nitrogen and oxygen atoms in total. The molecule has 0 spiro atoms. The van der Waals surface area contributed by atoms with Gasteiger partial charge in [0, 0.05) is 0 Å². The normalized spacial score (nSPS) is 15.7. The number of hydrogen-bond donors (Lipinski definition) is 2. The van der Waals surface area contributed by atoms with Gasteiger partial charge in [-0.15, -0.1) is 0 Å². The Bertz CT molecular complexity index is 1130.